The molecule has 2 amide bonds. The van der Waals surface area contributed by atoms with Crippen LogP contribution in [0.4, 0.5) is 13.6 Å². The van der Waals surface area contributed by atoms with E-state index in [-0.39, 0.29) is 44.5 Å². The van der Waals surface area contributed by atoms with Crippen molar-refractivity contribution in [3.63, 3.8) is 0 Å². The van der Waals surface area contributed by atoms with Gasteiger partial charge in [-0.15, -0.1) is 11.3 Å². The number of nitrogens with one attached hydrogen (secondary N) is 1. The van der Waals surface area contributed by atoms with Crippen molar-refractivity contribution in [2.45, 2.75) is 77.6 Å². The van der Waals surface area contributed by atoms with Crippen molar-refractivity contribution < 1.29 is 23.1 Å². The van der Waals surface area contributed by atoms with Gasteiger partial charge in [0.2, 0.25) is 0 Å². The fourth-order valence-electron chi connectivity index (χ4n) is 5.49. The van der Waals surface area contributed by atoms with E-state index in [4.69, 9.17) is 16.3 Å². The summed E-state index contributed by atoms with van der Waals surface area (Å²) in [6.45, 7) is 7.72. The van der Waals surface area contributed by atoms with E-state index in [0.29, 0.717) is 25.7 Å². The Morgan fingerprint density at radius 3 is 2.35 bits per heavy atom. The lowest BCUT2D eigenvalue weighted by Crippen LogP contribution is -2.46. The Labute approximate surface area is 259 Å². The summed E-state index contributed by atoms with van der Waals surface area (Å²) in [5.74, 6) is -1.66. The number of rotatable bonds is 6. The molecule has 0 atom stereocenters. The molecule has 1 aliphatic rings. The summed E-state index contributed by atoms with van der Waals surface area (Å²) in [6, 6.07) is 11.8. The number of carbonyl (C=O) groups excluding carboxylic acids is 2. The van der Waals surface area contributed by atoms with Crippen molar-refractivity contribution in [1.29, 1.82) is 0 Å². The summed E-state index contributed by atoms with van der Waals surface area (Å²) < 4.78 is 34.8. The molecule has 2 aromatic heterocycles. The first-order valence-electron chi connectivity index (χ1n) is 14.3. The number of hydrogen-bond acceptors (Lipinski definition) is 5. The average Bonchev–Trinajstić information content (AvgIpc) is 3.32. The van der Waals surface area contributed by atoms with Crippen molar-refractivity contribution in [2.75, 3.05) is 0 Å². The summed E-state index contributed by atoms with van der Waals surface area (Å²) in [6.07, 6.45) is 5.54. The van der Waals surface area contributed by atoms with Gasteiger partial charge in [0.25, 0.3) is 5.91 Å². The molecular weight excluding hydrogens is 592 g/mol. The number of amides is 2. The summed E-state index contributed by atoms with van der Waals surface area (Å²) in [5, 5.41) is 2.80. The number of fused-ring (bicyclic) bond motifs is 1. The van der Waals surface area contributed by atoms with Crippen molar-refractivity contribution in [3.05, 3.63) is 87.5 Å². The molecule has 226 valence electrons. The number of benzene rings is 2. The van der Waals surface area contributed by atoms with Crippen LogP contribution in [-0.2, 0) is 11.3 Å². The third-order valence-electron chi connectivity index (χ3n) is 7.70. The van der Waals surface area contributed by atoms with Crippen LogP contribution < -0.4 is 5.32 Å². The minimum Gasteiger partial charge on any atom is -0.444 e. The fraction of sp³-hybridized carbons (Fsp3) is 0.364. The van der Waals surface area contributed by atoms with Gasteiger partial charge in [-0.25, -0.2) is 13.6 Å². The van der Waals surface area contributed by atoms with Crippen LogP contribution in [0.5, 0.6) is 0 Å². The topological polar surface area (TPSA) is 71.5 Å². The minimum atomic E-state index is -0.669. The van der Waals surface area contributed by atoms with Crippen LogP contribution in [0.25, 0.3) is 21.2 Å². The second-order valence-corrected chi connectivity index (χ2v) is 13.3. The Balaban J connectivity index is 1.45. The van der Waals surface area contributed by atoms with Gasteiger partial charge < -0.3 is 15.0 Å². The van der Waals surface area contributed by atoms with E-state index in [1.54, 1.807) is 17.3 Å². The molecule has 1 fully saturated rings. The number of hydrogen-bond donors (Lipinski definition) is 1. The average molecular weight is 626 g/mol. The monoisotopic (exact) mass is 625 g/mol. The summed E-state index contributed by atoms with van der Waals surface area (Å²) in [5.41, 5.74) is 3.35. The number of halogens is 3. The number of aryl methyl sites for hydroxylation is 1. The van der Waals surface area contributed by atoms with E-state index >= 15 is 0 Å². The molecule has 43 heavy (non-hydrogen) atoms. The molecule has 0 unspecified atom stereocenters. The van der Waals surface area contributed by atoms with E-state index < -0.39 is 23.3 Å². The molecule has 0 spiro atoms. The highest BCUT2D eigenvalue weighted by Crippen LogP contribution is 2.40. The lowest BCUT2D eigenvalue weighted by atomic mass is 9.89. The zero-order chi connectivity index (χ0) is 30.9. The number of pyridine rings is 1. The molecule has 2 heterocycles. The van der Waals surface area contributed by atoms with E-state index in [1.165, 1.54) is 0 Å². The maximum Gasteiger partial charge on any atom is 0.407 e. The molecular formula is C33H34ClF2N3O3S. The van der Waals surface area contributed by atoms with E-state index in [2.05, 4.69) is 16.4 Å². The number of ether oxygens (including phenoxy) is 1. The number of alkyl carbamates (subject to hydrolysis) is 1. The van der Waals surface area contributed by atoms with Crippen LogP contribution in [0.2, 0.25) is 5.02 Å². The molecule has 1 saturated carbocycles. The molecule has 0 saturated heterocycles. The highest BCUT2D eigenvalue weighted by molar-refractivity contribution is 7.21. The smallest absolute Gasteiger partial charge is 0.407 e. The first-order chi connectivity index (χ1) is 20.4. The third-order valence-corrected chi connectivity index (χ3v) is 9.37. The second kappa shape index (κ2) is 12.6. The van der Waals surface area contributed by atoms with Gasteiger partial charge in [-0.2, -0.15) is 0 Å². The molecule has 4 aromatic rings. The molecule has 6 nitrogen and oxygen atoms in total. The van der Waals surface area contributed by atoms with E-state index in [0.717, 1.165) is 45.7 Å². The normalized spacial score (nSPS) is 17.1. The Morgan fingerprint density at radius 1 is 1.02 bits per heavy atom. The van der Waals surface area contributed by atoms with Gasteiger partial charge in [0, 0.05) is 31.0 Å². The Morgan fingerprint density at radius 2 is 1.70 bits per heavy atom. The molecule has 0 bridgehead atoms. The number of nitrogens with zero attached hydrogens (tertiary/aromatic N) is 2. The second-order valence-electron chi connectivity index (χ2n) is 11.9. The predicted molar refractivity (Wildman–Crippen MR) is 166 cm³/mol. The molecule has 0 radical (unpaired) electrons. The Kier molecular flexibility index (Phi) is 9.04. The SMILES string of the molecule is Cc1ccc(-c2ccncc2)cc1CN(C(=O)c1sc2c(F)ccc(F)c2c1Cl)C1CCC(NC(=O)OC(C)(C)C)CC1. The maximum atomic E-state index is 14.7. The van der Waals surface area contributed by atoms with Gasteiger partial charge >= 0.3 is 6.09 Å². The lowest BCUT2D eigenvalue weighted by Gasteiger charge is -2.37. The van der Waals surface area contributed by atoms with Gasteiger partial charge in [0.15, 0.2) is 0 Å². The van der Waals surface area contributed by atoms with E-state index in [1.807, 2.05) is 52.0 Å². The van der Waals surface area contributed by atoms with Gasteiger partial charge in [-0.05, 0) is 106 Å². The van der Waals surface area contributed by atoms with Crippen molar-refractivity contribution in [2.24, 2.45) is 0 Å². The van der Waals surface area contributed by atoms with Gasteiger partial charge in [-0.3, -0.25) is 9.78 Å². The van der Waals surface area contributed by atoms with E-state index in [9.17, 15) is 18.4 Å². The quantitative estimate of drug-likeness (QED) is 0.233. The standard InChI is InChI=1S/C33H34ClF2N3O3S/c1-19-5-6-21(20-13-15-37-16-14-20)17-22(19)18-39(24-9-7-23(8-10-24)38-32(41)42-33(2,3)4)31(40)30-28(34)27-25(35)11-12-26(36)29(27)43-30/h5-6,11-17,23-24H,7-10,18H2,1-4H3,(H,38,41). The minimum absolute atomic E-state index is 0.0226. The largest absolute Gasteiger partial charge is 0.444 e. The van der Waals surface area contributed by atoms with Crippen LogP contribution in [0.15, 0.2) is 54.9 Å². The van der Waals surface area contributed by atoms with Crippen molar-refractivity contribution in [3.8, 4) is 11.1 Å². The Hall–Kier alpha value is -3.56. The molecule has 10 heteroatoms. The fourth-order valence-corrected chi connectivity index (χ4v) is 6.99. The lowest BCUT2D eigenvalue weighted by molar-refractivity contribution is 0.0454. The summed E-state index contributed by atoms with van der Waals surface area (Å²) in [7, 11) is 0. The van der Waals surface area contributed by atoms with Crippen LogP contribution in [-0.4, -0.2) is 39.6 Å². The number of thiophene rings is 1. The molecule has 1 aliphatic carbocycles. The highest BCUT2D eigenvalue weighted by atomic mass is 35.5. The summed E-state index contributed by atoms with van der Waals surface area (Å²) >= 11 is 7.45. The number of aromatic nitrogens is 1. The Bertz CT molecular complexity index is 1650. The zero-order valence-electron chi connectivity index (χ0n) is 24.5. The van der Waals surface area contributed by atoms with Crippen molar-refractivity contribution >= 4 is 45.0 Å². The van der Waals surface area contributed by atoms with Crippen molar-refractivity contribution in [1.82, 2.24) is 15.2 Å². The third kappa shape index (κ3) is 6.99. The molecule has 1 N–H and O–H groups in total. The first kappa shape index (κ1) is 30.9. The van der Waals surface area contributed by atoms with Gasteiger partial charge in [0.05, 0.1) is 15.1 Å². The molecule has 2 aromatic carbocycles. The molecule has 5 rings (SSSR count). The van der Waals surface area contributed by atoms with Gasteiger partial charge in [-0.1, -0.05) is 23.7 Å². The van der Waals surface area contributed by atoms with Crippen LogP contribution in [0.1, 0.15) is 67.3 Å². The molecule has 0 aliphatic heterocycles. The van der Waals surface area contributed by atoms with Gasteiger partial charge in [0.1, 0.15) is 22.1 Å². The zero-order valence-corrected chi connectivity index (χ0v) is 26.1. The summed E-state index contributed by atoms with van der Waals surface area (Å²) in [4.78, 5) is 32.6. The van der Waals surface area contributed by atoms with Crippen LogP contribution in [0, 0.1) is 18.6 Å². The van der Waals surface area contributed by atoms with Crippen LogP contribution in [0.3, 0.4) is 0 Å². The maximum absolute atomic E-state index is 14.7. The highest BCUT2D eigenvalue weighted by Gasteiger charge is 2.34. The predicted octanol–water partition coefficient (Wildman–Crippen LogP) is 8.68. The first-order valence-corrected chi connectivity index (χ1v) is 15.5. The number of carbonyl (C=O) groups is 2. The van der Waals surface area contributed by atoms with Crippen LogP contribution >= 0.6 is 22.9 Å².